The second-order valence-electron chi connectivity index (χ2n) is 6.35. The van der Waals surface area contributed by atoms with Crippen LogP contribution in [0.5, 0.6) is 0 Å². The number of nitrogens with one attached hydrogen (secondary N) is 1. The zero-order chi connectivity index (χ0) is 19.1. The van der Waals surface area contributed by atoms with Crippen LogP contribution in [0.3, 0.4) is 0 Å². The first kappa shape index (κ1) is 18.6. The number of anilines is 2. The van der Waals surface area contributed by atoms with Crippen LogP contribution in [0, 0.1) is 6.92 Å². The van der Waals surface area contributed by atoms with Crippen LogP contribution >= 0.6 is 0 Å². The summed E-state index contributed by atoms with van der Waals surface area (Å²) in [5, 5.41) is 11.5. The number of nitrogens with zero attached hydrogens (tertiary/aromatic N) is 3. The van der Waals surface area contributed by atoms with Gasteiger partial charge in [0.25, 0.3) is 5.91 Å². The van der Waals surface area contributed by atoms with Crippen molar-refractivity contribution in [2.45, 2.75) is 20.3 Å². The van der Waals surface area contributed by atoms with Crippen LogP contribution in [0.4, 0.5) is 11.5 Å². The molecule has 0 unspecified atom stereocenters. The first-order valence-corrected chi connectivity index (χ1v) is 9.17. The maximum absolute atomic E-state index is 12.8. The average molecular weight is 360 g/mol. The molecule has 3 aromatic rings. The van der Waals surface area contributed by atoms with Crippen molar-refractivity contribution >= 4 is 17.4 Å². The largest absolute Gasteiger partial charge is 0.368 e. The summed E-state index contributed by atoms with van der Waals surface area (Å²) in [6, 6.07) is 21.7. The molecule has 1 N–H and O–H groups in total. The van der Waals surface area contributed by atoms with Crippen molar-refractivity contribution < 1.29 is 4.79 Å². The number of rotatable bonds is 7. The minimum Gasteiger partial charge on any atom is -0.368 e. The highest BCUT2D eigenvalue weighted by molar-refractivity contribution is 6.04. The van der Waals surface area contributed by atoms with Gasteiger partial charge in [-0.3, -0.25) is 4.79 Å². The number of benzene rings is 2. The second kappa shape index (κ2) is 8.94. The van der Waals surface area contributed by atoms with E-state index in [4.69, 9.17) is 0 Å². The molecule has 3 rings (SSSR count). The Labute approximate surface area is 160 Å². The summed E-state index contributed by atoms with van der Waals surface area (Å²) < 4.78 is 0. The molecular formula is C22H24N4O. The predicted octanol–water partition coefficient (Wildman–Crippen LogP) is 4.11. The van der Waals surface area contributed by atoms with Gasteiger partial charge in [0, 0.05) is 18.8 Å². The van der Waals surface area contributed by atoms with Gasteiger partial charge in [0.15, 0.2) is 5.69 Å². The van der Waals surface area contributed by atoms with Gasteiger partial charge in [0.1, 0.15) is 5.82 Å². The van der Waals surface area contributed by atoms with Crippen molar-refractivity contribution in [1.82, 2.24) is 10.2 Å². The monoisotopic (exact) mass is 360 g/mol. The topological polar surface area (TPSA) is 58.1 Å². The number of hydrogen-bond acceptors (Lipinski definition) is 4. The number of carbonyl (C=O) groups is 1. The van der Waals surface area contributed by atoms with E-state index >= 15 is 0 Å². The van der Waals surface area contributed by atoms with E-state index in [0.717, 1.165) is 24.2 Å². The van der Waals surface area contributed by atoms with Crippen molar-refractivity contribution in [3.05, 3.63) is 83.6 Å². The lowest BCUT2D eigenvalue weighted by molar-refractivity contribution is 0.0982. The van der Waals surface area contributed by atoms with E-state index in [2.05, 4.69) is 27.6 Å². The molecular weight excluding hydrogens is 336 g/mol. The summed E-state index contributed by atoms with van der Waals surface area (Å²) in [5.41, 5.74) is 3.59. The fraction of sp³-hybridized carbons (Fsp3) is 0.227. The van der Waals surface area contributed by atoms with E-state index in [9.17, 15) is 4.79 Å². The predicted molar refractivity (Wildman–Crippen MR) is 109 cm³/mol. The van der Waals surface area contributed by atoms with Gasteiger partial charge in [0.2, 0.25) is 0 Å². The first-order chi connectivity index (χ1) is 13.2. The molecule has 0 aliphatic carbocycles. The third-order valence-electron chi connectivity index (χ3n) is 4.32. The third kappa shape index (κ3) is 4.91. The highest BCUT2D eigenvalue weighted by Crippen LogP contribution is 2.18. The number of aromatic nitrogens is 2. The SMILES string of the molecule is CCN(C(=O)c1ccc(NCCc2ccccc2)nn1)c1cccc(C)c1. The lowest BCUT2D eigenvalue weighted by Crippen LogP contribution is -2.31. The summed E-state index contributed by atoms with van der Waals surface area (Å²) in [6.45, 7) is 5.29. The van der Waals surface area contributed by atoms with Gasteiger partial charge < -0.3 is 10.2 Å². The molecule has 0 saturated heterocycles. The minimum absolute atomic E-state index is 0.147. The molecule has 0 radical (unpaired) electrons. The van der Waals surface area contributed by atoms with Crippen LogP contribution in [-0.2, 0) is 6.42 Å². The van der Waals surface area contributed by atoms with Crippen LogP contribution in [0.15, 0.2) is 66.7 Å². The smallest absolute Gasteiger partial charge is 0.278 e. The number of carbonyl (C=O) groups excluding carboxylic acids is 1. The number of amides is 1. The van der Waals surface area contributed by atoms with E-state index in [0.29, 0.717) is 18.1 Å². The van der Waals surface area contributed by atoms with Crippen molar-refractivity contribution in [2.75, 3.05) is 23.3 Å². The Hall–Kier alpha value is -3.21. The Morgan fingerprint density at radius 3 is 2.48 bits per heavy atom. The quantitative estimate of drug-likeness (QED) is 0.689. The van der Waals surface area contributed by atoms with Crippen molar-refractivity contribution in [3.8, 4) is 0 Å². The maximum Gasteiger partial charge on any atom is 0.278 e. The van der Waals surface area contributed by atoms with E-state index in [1.165, 1.54) is 5.56 Å². The molecule has 2 aromatic carbocycles. The molecule has 0 atom stereocenters. The highest BCUT2D eigenvalue weighted by Gasteiger charge is 2.18. The van der Waals surface area contributed by atoms with E-state index in [-0.39, 0.29) is 5.91 Å². The zero-order valence-electron chi connectivity index (χ0n) is 15.7. The molecule has 0 aliphatic rings. The van der Waals surface area contributed by atoms with E-state index in [1.54, 1.807) is 17.0 Å². The van der Waals surface area contributed by atoms with Crippen LogP contribution in [0.1, 0.15) is 28.5 Å². The molecule has 0 fully saturated rings. The maximum atomic E-state index is 12.8. The Kier molecular flexibility index (Phi) is 6.15. The van der Waals surface area contributed by atoms with Crippen LogP contribution in [-0.4, -0.2) is 29.2 Å². The lowest BCUT2D eigenvalue weighted by atomic mass is 10.1. The standard InChI is InChI=1S/C22H24N4O/c1-3-26(19-11-7-8-17(2)16-19)22(27)20-12-13-21(25-24-20)23-15-14-18-9-5-4-6-10-18/h4-13,16H,3,14-15H2,1-2H3,(H,23,25). The third-order valence-corrected chi connectivity index (χ3v) is 4.32. The zero-order valence-corrected chi connectivity index (χ0v) is 15.7. The Morgan fingerprint density at radius 1 is 1.00 bits per heavy atom. The number of aryl methyl sites for hydroxylation is 1. The van der Waals surface area contributed by atoms with Crippen molar-refractivity contribution in [1.29, 1.82) is 0 Å². The van der Waals surface area contributed by atoms with Crippen molar-refractivity contribution in [3.63, 3.8) is 0 Å². The van der Waals surface area contributed by atoms with Crippen LogP contribution < -0.4 is 10.2 Å². The molecule has 1 aromatic heterocycles. The van der Waals surface area contributed by atoms with Gasteiger partial charge in [-0.05, 0) is 55.7 Å². The van der Waals surface area contributed by atoms with Crippen LogP contribution in [0.25, 0.3) is 0 Å². The Bertz CT molecular complexity index is 878. The van der Waals surface area contributed by atoms with Gasteiger partial charge in [-0.2, -0.15) is 0 Å². The van der Waals surface area contributed by atoms with Gasteiger partial charge in [-0.15, -0.1) is 10.2 Å². The lowest BCUT2D eigenvalue weighted by Gasteiger charge is -2.20. The molecule has 0 bridgehead atoms. The van der Waals surface area contributed by atoms with Crippen LogP contribution in [0.2, 0.25) is 0 Å². The van der Waals surface area contributed by atoms with Gasteiger partial charge in [-0.1, -0.05) is 42.5 Å². The number of hydrogen-bond donors (Lipinski definition) is 1. The molecule has 138 valence electrons. The molecule has 27 heavy (non-hydrogen) atoms. The molecule has 0 saturated carbocycles. The molecule has 0 spiro atoms. The highest BCUT2D eigenvalue weighted by atomic mass is 16.2. The molecule has 5 heteroatoms. The fourth-order valence-electron chi connectivity index (χ4n) is 2.90. The molecule has 0 aliphatic heterocycles. The first-order valence-electron chi connectivity index (χ1n) is 9.17. The molecule has 5 nitrogen and oxygen atoms in total. The second-order valence-corrected chi connectivity index (χ2v) is 6.35. The fourth-order valence-corrected chi connectivity index (χ4v) is 2.90. The summed E-state index contributed by atoms with van der Waals surface area (Å²) in [5.74, 6) is 0.521. The Balaban J connectivity index is 1.62. The van der Waals surface area contributed by atoms with E-state index in [1.807, 2.05) is 56.3 Å². The summed E-state index contributed by atoms with van der Waals surface area (Å²) in [6.07, 6.45) is 0.903. The summed E-state index contributed by atoms with van der Waals surface area (Å²) >= 11 is 0. The summed E-state index contributed by atoms with van der Waals surface area (Å²) in [4.78, 5) is 14.5. The van der Waals surface area contributed by atoms with E-state index < -0.39 is 0 Å². The van der Waals surface area contributed by atoms with Gasteiger partial charge in [0.05, 0.1) is 0 Å². The average Bonchev–Trinajstić information content (AvgIpc) is 2.70. The normalized spacial score (nSPS) is 10.4. The molecule has 1 amide bonds. The van der Waals surface area contributed by atoms with Gasteiger partial charge >= 0.3 is 0 Å². The summed E-state index contributed by atoms with van der Waals surface area (Å²) in [7, 11) is 0. The minimum atomic E-state index is -0.147. The van der Waals surface area contributed by atoms with Crippen molar-refractivity contribution in [2.24, 2.45) is 0 Å². The van der Waals surface area contributed by atoms with Gasteiger partial charge in [-0.25, -0.2) is 0 Å². The molecule has 1 heterocycles. The Morgan fingerprint density at radius 2 is 1.81 bits per heavy atom.